The normalized spacial score (nSPS) is 11.4. The van der Waals surface area contributed by atoms with E-state index in [2.05, 4.69) is 12.0 Å². The maximum Gasteiger partial charge on any atom is 0.274 e. The third kappa shape index (κ3) is 5.07. The highest BCUT2D eigenvalue weighted by Gasteiger charge is 2.04. The maximum atomic E-state index is 12.6. The second-order valence-corrected chi connectivity index (χ2v) is 6.86. The van der Waals surface area contributed by atoms with E-state index in [1.165, 1.54) is 19.3 Å². The second-order valence-electron chi connectivity index (χ2n) is 6.86. The van der Waals surface area contributed by atoms with E-state index in [4.69, 9.17) is 0 Å². The van der Waals surface area contributed by atoms with E-state index in [9.17, 15) is 9.90 Å². The Hall–Kier alpha value is -2.88. The van der Waals surface area contributed by atoms with E-state index >= 15 is 0 Å². The van der Waals surface area contributed by atoms with E-state index in [-0.39, 0.29) is 11.3 Å². The van der Waals surface area contributed by atoms with Crippen molar-refractivity contribution in [2.45, 2.75) is 45.6 Å². The fourth-order valence-electron chi connectivity index (χ4n) is 3.11. The van der Waals surface area contributed by atoms with E-state index in [0.29, 0.717) is 11.9 Å². The number of rotatable bonds is 8. The lowest BCUT2D eigenvalue weighted by atomic mass is 10.1. The van der Waals surface area contributed by atoms with Gasteiger partial charge in [-0.05, 0) is 41.8 Å². The highest BCUT2D eigenvalue weighted by Crippen LogP contribution is 2.16. The van der Waals surface area contributed by atoms with E-state index in [1.807, 2.05) is 42.5 Å². The molecule has 0 aliphatic rings. The van der Waals surface area contributed by atoms with Crippen molar-refractivity contribution >= 4 is 22.9 Å². The molecule has 0 radical (unpaired) electrons. The van der Waals surface area contributed by atoms with Crippen molar-refractivity contribution in [2.24, 2.45) is 0 Å². The third-order valence-corrected chi connectivity index (χ3v) is 4.71. The summed E-state index contributed by atoms with van der Waals surface area (Å²) >= 11 is 0. The molecule has 3 aromatic rings. The van der Waals surface area contributed by atoms with Crippen LogP contribution in [0.25, 0.3) is 22.9 Å². The van der Waals surface area contributed by atoms with E-state index < -0.39 is 0 Å². The number of aromatic nitrogens is 2. The average molecular weight is 362 g/mol. The lowest BCUT2D eigenvalue weighted by molar-refractivity contribution is 0.475. The van der Waals surface area contributed by atoms with Crippen LogP contribution in [0.2, 0.25) is 0 Å². The first-order valence-electron chi connectivity index (χ1n) is 9.64. The Labute approximate surface area is 159 Å². The Morgan fingerprint density at radius 2 is 1.67 bits per heavy atom. The molecule has 0 aliphatic carbocycles. The molecule has 0 saturated heterocycles. The van der Waals surface area contributed by atoms with Crippen LogP contribution in [0.4, 0.5) is 0 Å². The monoisotopic (exact) mass is 362 g/mol. The van der Waals surface area contributed by atoms with Gasteiger partial charge < -0.3 is 5.11 Å². The topological polar surface area (TPSA) is 55.1 Å². The molecule has 0 unspecified atom stereocenters. The number of aryl methyl sites for hydroxylation is 1. The van der Waals surface area contributed by atoms with Crippen molar-refractivity contribution in [3.8, 4) is 5.75 Å². The van der Waals surface area contributed by atoms with Crippen molar-refractivity contribution in [3.63, 3.8) is 0 Å². The zero-order valence-corrected chi connectivity index (χ0v) is 15.8. The van der Waals surface area contributed by atoms with Crippen molar-refractivity contribution in [1.29, 1.82) is 0 Å². The summed E-state index contributed by atoms with van der Waals surface area (Å²) in [7, 11) is 0. The highest BCUT2D eigenvalue weighted by molar-refractivity contribution is 5.84. The molecule has 3 rings (SSSR count). The summed E-state index contributed by atoms with van der Waals surface area (Å²) in [5, 5.41) is 15.2. The standard InChI is InChI=1S/C23H26N2O2/c1-2-3-4-5-6-15-25-23(27)22-14-11-19(16-20(22)17-24-25)8-7-18-9-12-21(26)13-10-18/h7-14,16-17,26H,2-6,15H2,1H3. The molecular formula is C23H26N2O2. The number of aromatic hydroxyl groups is 1. The summed E-state index contributed by atoms with van der Waals surface area (Å²) in [6, 6.07) is 12.8. The molecular weight excluding hydrogens is 336 g/mol. The Morgan fingerprint density at radius 3 is 2.44 bits per heavy atom. The molecule has 0 saturated carbocycles. The maximum absolute atomic E-state index is 12.6. The Kier molecular flexibility index (Phi) is 6.42. The summed E-state index contributed by atoms with van der Waals surface area (Å²) in [5.74, 6) is 0.255. The fourth-order valence-corrected chi connectivity index (χ4v) is 3.11. The van der Waals surface area contributed by atoms with Crippen molar-refractivity contribution in [1.82, 2.24) is 9.78 Å². The van der Waals surface area contributed by atoms with Crippen LogP contribution >= 0.6 is 0 Å². The van der Waals surface area contributed by atoms with Crippen LogP contribution in [-0.4, -0.2) is 14.9 Å². The van der Waals surface area contributed by atoms with Crippen LogP contribution in [0.5, 0.6) is 5.75 Å². The zero-order chi connectivity index (χ0) is 19.1. The minimum absolute atomic E-state index is 0.0166. The van der Waals surface area contributed by atoms with Gasteiger partial charge in [0.05, 0.1) is 11.6 Å². The lowest BCUT2D eigenvalue weighted by Crippen LogP contribution is -2.22. The van der Waals surface area contributed by atoms with Crippen LogP contribution in [0.15, 0.2) is 53.5 Å². The highest BCUT2D eigenvalue weighted by atomic mass is 16.3. The second kappa shape index (κ2) is 9.17. The molecule has 0 bridgehead atoms. The molecule has 1 heterocycles. The largest absolute Gasteiger partial charge is 0.508 e. The van der Waals surface area contributed by atoms with Gasteiger partial charge in [-0.1, -0.05) is 63.0 Å². The third-order valence-electron chi connectivity index (χ3n) is 4.71. The Balaban J connectivity index is 1.73. The molecule has 0 fully saturated rings. The molecule has 0 spiro atoms. The van der Waals surface area contributed by atoms with Gasteiger partial charge in [0.2, 0.25) is 0 Å². The molecule has 1 aromatic heterocycles. The van der Waals surface area contributed by atoms with Crippen LogP contribution in [-0.2, 0) is 6.54 Å². The summed E-state index contributed by atoms with van der Waals surface area (Å²) in [4.78, 5) is 12.6. The number of unbranched alkanes of at least 4 members (excludes halogenated alkanes) is 4. The van der Waals surface area contributed by atoms with Crippen molar-refractivity contribution in [2.75, 3.05) is 0 Å². The summed E-state index contributed by atoms with van der Waals surface area (Å²) in [5.41, 5.74) is 2.00. The van der Waals surface area contributed by atoms with Gasteiger partial charge >= 0.3 is 0 Å². The van der Waals surface area contributed by atoms with Crippen LogP contribution in [0, 0.1) is 0 Å². The molecule has 140 valence electrons. The van der Waals surface area contributed by atoms with Crippen LogP contribution in [0.3, 0.4) is 0 Å². The molecule has 0 amide bonds. The lowest BCUT2D eigenvalue weighted by Gasteiger charge is -2.06. The minimum atomic E-state index is -0.0166. The molecule has 27 heavy (non-hydrogen) atoms. The number of phenols is 1. The van der Waals surface area contributed by atoms with Gasteiger partial charge in [0.1, 0.15) is 5.75 Å². The van der Waals surface area contributed by atoms with Crippen LogP contribution in [0.1, 0.15) is 50.2 Å². The number of hydrogen-bond donors (Lipinski definition) is 1. The first kappa shape index (κ1) is 18.9. The predicted octanol–water partition coefficient (Wildman–Crippen LogP) is 5.24. The first-order valence-corrected chi connectivity index (χ1v) is 9.64. The van der Waals surface area contributed by atoms with Gasteiger partial charge in [-0.2, -0.15) is 5.10 Å². The SMILES string of the molecule is CCCCCCCn1ncc2cc(C=Cc3ccc(O)cc3)ccc2c1=O. The number of phenolic OH excluding ortho intramolecular Hbond substituents is 1. The van der Waals surface area contributed by atoms with E-state index in [0.717, 1.165) is 29.4 Å². The predicted molar refractivity (Wildman–Crippen MR) is 112 cm³/mol. The van der Waals surface area contributed by atoms with Gasteiger partial charge in [0.15, 0.2) is 0 Å². The summed E-state index contributed by atoms with van der Waals surface area (Å²) in [6.07, 6.45) is 11.6. The molecule has 4 nitrogen and oxygen atoms in total. The first-order chi connectivity index (χ1) is 13.2. The smallest absolute Gasteiger partial charge is 0.274 e. The number of hydrogen-bond acceptors (Lipinski definition) is 3. The van der Waals surface area contributed by atoms with Crippen molar-refractivity contribution in [3.05, 3.63) is 70.1 Å². The van der Waals surface area contributed by atoms with Crippen molar-refractivity contribution < 1.29 is 5.11 Å². The molecule has 0 atom stereocenters. The molecule has 1 N–H and O–H groups in total. The molecule has 2 aromatic carbocycles. The number of benzene rings is 2. The van der Waals surface area contributed by atoms with Gasteiger partial charge in [-0.15, -0.1) is 0 Å². The minimum Gasteiger partial charge on any atom is -0.508 e. The zero-order valence-electron chi connectivity index (χ0n) is 15.8. The number of nitrogens with zero attached hydrogens (tertiary/aromatic N) is 2. The summed E-state index contributed by atoms with van der Waals surface area (Å²) < 4.78 is 1.58. The number of fused-ring (bicyclic) bond motifs is 1. The molecule has 4 heteroatoms. The Morgan fingerprint density at radius 1 is 0.963 bits per heavy atom. The fraction of sp³-hybridized carbons (Fsp3) is 0.304. The quantitative estimate of drug-likeness (QED) is 0.440. The average Bonchev–Trinajstić information content (AvgIpc) is 2.69. The van der Waals surface area contributed by atoms with Gasteiger partial charge in [-0.3, -0.25) is 4.79 Å². The van der Waals surface area contributed by atoms with E-state index in [1.54, 1.807) is 23.0 Å². The van der Waals surface area contributed by atoms with Gasteiger partial charge in [0, 0.05) is 11.9 Å². The molecule has 0 aliphatic heterocycles. The van der Waals surface area contributed by atoms with Gasteiger partial charge in [-0.25, -0.2) is 4.68 Å². The summed E-state index contributed by atoms with van der Waals surface area (Å²) in [6.45, 7) is 2.88. The Bertz CT molecular complexity index is 972. The van der Waals surface area contributed by atoms with Crippen LogP contribution < -0.4 is 5.56 Å². The van der Waals surface area contributed by atoms with Gasteiger partial charge in [0.25, 0.3) is 5.56 Å².